The molecule has 0 bridgehead atoms. The second-order valence-electron chi connectivity index (χ2n) is 3.38. The number of rotatable bonds is 4. The van der Waals surface area contributed by atoms with Gasteiger partial charge in [0.15, 0.2) is 6.61 Å². The Labute approximate surface area is 130 Å². The van der Waals surface area contributed by atoms with Gasteiger partial charge in [0.2, 0.25) is 5.78 Å². The summed E-state index contributed by atoms with van der Waals surface area (Å²) in [5.41, 5.74) is 0. The zero-order valence-electron chi connectivity index (χ0n) is 8.95. The summed E-state index contributed by atoms with van der Waals surface area (Å²) in [5, 5.41) is 2.33. The molecule has 0 aliphatic heterocycles. The average Bonchev–Trinajstić information content (AvgIpc) is 2.74. The number of ketones is 1. The molecule has 1 heterocycles. The average molecular weight is 411 g/mol. The van der Waals surface area contributed by atoms with Crippen LogP contribution in [0.1, 0.15) is 9.67 Å². The molecule has 0 unspecified atom stereocenters. The minimum absolute atomic E-state index is 0.0273. The second kappa shape index (κ2) is 6.19. The quantitative estimate of drug-likeness (QED) is 0.649. The topological polar surface area (TPSA) is 26.3 Å². The van der Waals surface area contributed by atoms with Gasteiger partial charge in [-0.3, -0.25) is 4.79 Å². The van der Waals surface area contributed by atoms with Crippen molar-refractivity contribution in [3.63, 3.8) is 0 Å². The van der Waals surface area contributed by atoms with Crippen LogP contribution in [-0.4, -0.2) is 12.4 Å². The molecule has 0 amide bonds. The minimum atomic E-state index is -0.0733. The number of thiophene rings is 1. The fourth-order valence-electron chi connectivity index (χ4n) is 1.29. The highest BCUT2D eigenvalue weighted by molar-refractivity contribution is 9.10. The molecule has 1 aromatic heterocycles. The summed E-state index contributed by atoms with van der Waals surface area (Å²) in [6.07, 6.45) is 0. The summed E-state index contributed by atoms with van der Waals surface area (Å²) in [5.74, 6) is 0.428. The highest BCUT2D eigenvalue weighted by Crippen LogP contribution is 2.28. The summed E-state index contributed by atoms with van der Waals surface area (Å²) in [6, 6.07) is 7.10. The van der Waals surface area contributed by atoms with Crippen molar-refractivity contribution in [2.24, 2.45) is 0 Å². The van der Waals surface area contributed by atoms with Crippen molar-refractivity contribution >= 4 is 60.6 Å². The largest absolute Gasteiger partial charge is 0.484 e. The van der Waals surface area contributed by atoms with Crippen LogP contribution >= 0.6 is 54.8 Å². The molecule has 18 heavy (non-hydrogen) atoms. The molecular weight excluding hydrogens is 403 g/mol. The van der Waals surface area contributed by atoms with Crippen LogP contribution < -0.4 is 4.74 Å². The predicted molar refractivity (Wildman–Crippen MR) is 81.0 cm³/mol. The molecule has 0 saturated heterocycles. The maximum Gasteiger partial charge on any atom is 0.211 e. The van der Waals surface area contributed by atoms with E-state index in [1.165, 1.54) is 11.3 Å². The summed E-state index contributed by atoms with van der Waals surface area (Å²) in [7, 11) is 0. The SMILES string of the molecule is O=C(COc1ccc(Br)cc1Cl)c1sccc1Br. The molecule has 94 valence electrons. The van der Waals surface area contributed by atoms with E-state index in [9.17, 15) is 4.79 Å². The Hall–Kier alpha value is -0.360. The van der Waals surface area contributed by atoms with Gasteiger partial charge < -0.3 is 4.74 Å². The molecular formula is C12H7Br2ClO2S. The molecule has 0 radical (unpaired) electrons. The van der Waals surface area contributed by atoms with E-state index in [0.717, 1.165) is 8.95 Å². The summed E-state index contributed by atoms with van der Waals surface area (Å²) in [4.78, 5) is 12.5. The van der Waals surface area contributed by atoms with Gasteiger partial charge >= 0.3 is 0 Å². The van der Waals surface area contributed by atoms with Gasteiger partial charge in [-0.15, -0.1) is 11.3 Å². The Morgan fingerprint density at radius 1 is 1.33 bits per heavy atom. The number of hydrogen-bond donors (Lipinski definition) is 0. The number of Topliss-reactive ketones (excluding diaryl/α,β-unsaturated/α-hetero) is 1. The number of benzene rings is 1. The van der Waals surface area contributed by atoms with Gasteiger partial charge in [0.1, 0.15) is 5.75 Å². The van der Waals surface area contributed by atoms with Gasteiger partial charge in [-0.1, -0.05) is 27.5 Å². The maximum atomic E-state index is 11.9. The van der Waals surface area contributed by atoms with E-state index in [-0.39, 0.29) is 12.4 Å². The lowest BCUT2D eigenvalue weighted by atomic mass is 10.3. The molecule has 1 aromatic carbocycles. The summed E-state index contributed by atoms with van der Waals surface area (Å²) >= 11 is 14.0. The highest BCUT2D eigenvalue weighted by Gasteiger charge is 2.13. The standard InChI is InChI=1S/C12H7Br2ClO2S/c13-7-1-2-11(9(15)5-7)17-6-10(16)12-8(14)3-4-18-12/h1-5H,6H2. The van der Waals surface area contributed by atoms with Crippen molar-refractivity contribution < 1.29 is 9.53 Å². The molecule has 0 saturated carbocycles. The molecule has 2 aromatic rings. The van der Waals surface area contributed by atoms with Crippen molar-refractivity contribution in [3.05, 3.63) is 48.5 Å². The molecule has 0 aliphatic carbocycles. The van der Waals surface area contributed by atoms with Crippen LogP contribution in [0.2, 0.25) is 5.02 Å². The van der Waals surface area contributed by atoms with E-state index in [1.807, 2.05) is 17.5 Å². The third-order valence-corrected chi connectivity index (χ3v) is 4.79. The lowest BCUT2D eigenvalue weighted by Crippen LogP contribution is -2.10. The Kier molecular flexibility index (Phi) is 4.84. The molecule has 6 heteroatoms. The van der Waals surface area contributed by atoms with Crippen molar-refractivity contribution in [2.45, 2.75) is 0 Å². The fraction of sp³-hybridized carbons (Fsp3) is 0.0833. The lowest BCUT2D eigenvalue weighted by molar-refractivity contribution is 0.0925. The Morgan fingerprint density at radius 3 is 2.72 bits per heavy atom. The van der Waals surface area contributed by atoms with Gasteiger partial charge in [0.05, 0.1) is 9.90 Å². The first kappa shape index (κ1) is 14.1. The van der Waals surface area contributed by atoms with E-state index >= 15 is 0 Å². The highest BCUT2D eigenvalue weighted by atomic mass is 79.9. The van der Waals surface area contributed by atoms with Gasteiger partial charge in [-0.25, -0.2) is 0 Å². The Bertz CT molecular complexity index is 583. The second-order valence-corrected chi connectivity index (χ2v) is 6.48. The Morgan fingerprint density at radius 2 is 2.11 bits per heavy atom. The van der Waals surface area contributed by atoms with Crippen LogP contribution in [0.5, 0.6) is 5.75 Å². The normalized spacial score (nSPS) is 10.4. The summed E-state index contributed by atoms with van der Waals surface area (Å²) in [6.45, 7) is -0.0273. The van der Waals surface area contributed by atoms with Crippen LogP contribution in [0.15, 0.2) is 38.6 Å². The molecule has 0 fully saturated rings. The molecule has 0 N–H and O–H groups in total. The first-order chi connectivity index (χ1) is 8.58. The first-order valence-electron chi connectivity index (χ1n) is 4.92. The maximum absolute atomic E-state index is 11.9. The molecule has 2 nitrogen and oxygen atoms in total. The summed E-state index contributed by atoms with van der Waals surface area (Å²) < 4.78 is 7.08. The Balaban J connectivity index is 2.04. The first-order valence-corrected chi connectivity index (χ1v) is 7.76. The smallest absolute Gasteiger partial charge is 0.211 e. The van der Waals surface area contributed by atoms with Crippen LogP contribution in [0.4, 0.5) is 0 Å². The van der Waals surface area contributed by atoms with Crippen LogP contribution in [0.3, 0.4) is 0 Å². The number of carbonyl (C=O) groups excluding carboxylic acids is 1. The van der Waals surface area contributed by atoms with Gasteiger partial charge in [0, 0.05) is 8.95 Å². The van der Waals surface area contributed by atoms with Crippen LogP contribution in [0, 0.1) is 0 Å². The van der Waals surface area contributed by atoms with Crippen LogP contribution in [-0.2, 0) is 0 Å². The van der Waals surface area contributed by atoms with Crippen molar-refractivity contribution in [1.82, 2.24) is 0 Å². The van der Waals surface area contributed by atoms with E-state index in [2.05, 4.69) is 31.9 Å². The zero-order valence-corrected chi connectivity index (χ0v) is 13.7. The van der Waals surface area contributed by atoms with E-state index in [0.29, 0.717) is 15.6 Å². The predicted octanol–water partition coefficient (Wildman–Crippen LogP) is 5.19. The van der Waals surface area contributed by atoms with Crippen LogP contribution in [0.25, 0.3) is 0 Å². The van der Waals surface area contributed by atoms with Gasteiger partial charge in [0.25, 0.3) is 0 Å². The zero-order chi connectivity index (χ0) is 13.1. The van der Waals surface area contributed by atoms with Crippen molar-refractivity contribution in [3.8, 4) is 5.75 Å². The number of hydrogen-bond acceptors (Lipinski definition) is 3. The minimum Gasteiger partial charge on any atom is -0.484 e. The monoisotopic (exact) mass is 408 g/mol. The molecule has 0 spiro atoms. The lowest BCUT2D eigenvalue weighted by Gasteiger charge is -2.07. The fourth-order valence-corrected chi connectivity index (χ4v) is 3.54. The third kappa shape index (κ3) is 3.35. The van der Waals surface area contributed by atoms with Gasteiger partial charge in [-0.2, -0.15) is 0 Å². The molecule has 2 rings (SSSR count). The van der Waals surface area contributed by atoms with Crippen molar-refractivity contribution in [1.29, 1.82) is 0 Å². The van der Waals surface area contributed by atoms with Crippen molar-refractivity contribution in [2.75, 3.05) is 6.61 Å². The van der Waals surface area contributed by atoms with E-state index in [1.54, 1.807) is 12.1 Å². The van der Waals surface area contributed by atoms with Gasteiger partial charge in [-0.05, 0) is 45.6 Å². The third-order valence-electron chi connectivity index (χ3n) is 2.12. The number of carbonyl (C=O) groups is 1. The van der Waals surface area contributed by atoms with E-state index < -0.39 is 0 Å². The molecule has 0 aliphatic rings. The van der Waals surface area contributed by atoms with E-state index in [4.69, 9.17) is 16.3 Å². The number of ether oxygens (including phenoxy) is 1. The number of halogens is 3. The molecule has 0 atom stereocenters.